The summed E-state index contributed by atoms with van der Waals surface area (Å²) in [6, 6.07) is 13.1. The summed E-state index contributed by atoms with van der Waals surface area (Å²) in [5, 5.41) is -2.85. The van der Waals surface area contributed by atoms with Gasteiger partial charge in [-0.1, -0.05) is 24.6 Å². The third kappa shape index (κ3) is 5.03. The van der Waals surface area contributed by atoms with E-state index in [-0.39, 0.29) is 12.3 Å². The molecule has 2 bridgehead atoms. The molecule has 0 aromatic heterocycles. The highest BCUT2D eigenvalue weighted by Gasteiger charge is 2.68. The molecule has 4 nitrogen and oxygen atoms in total. The summed E-state index contributed by atoms with van der Waals surface area (Å²) in [5.41, 5.74) is 0. The lowest BCUT2D eigenvalue weighted by Gasteiger charge is -2.36. The molecule has 35 heavy (non-hydrogen) atoms. The Morgan fingerprint density at radius 3 is 2.20 bits per heavy atom. The standard InChI is InChI=1S/C16H19OS.C9H12F4O3S/c1-2-17-15-9-10-16(18-11-5-6-12-18)14-8-4-3-7-13(14)15;10-8(11,9(12,13)17(14,15)16)7-4-5-1-2-6(7)3-5/h3-4,7-10H,2,5-6,11-12H2,1H3;5-7H,1-4H2,(H,14,15,16)/q+1;/p-1. The minimum absolute atomic E-state index is 0.0407. The average Bonchev–Trinajstić information content (AvgIpc) is 3.58. The summed E-state index contributed by atoms with van der Waals surface area (Å²) in [6.07, 6.45) is 4.21. The number of alkyl halides is 4. The van der Waals surface area contributed by atoms with Gasteiger partial charge in [0, 0.05) is 27.6 Å². The van der Waals surface area contributed by atoms with E-state index in [2.05, 4.69) is 36.4 Å². The molecule has 3 fully saturated rings. The second kappa shape index (κ2) is 10.1. The van der Waals surface area contributed by atoms with Crippen LogP contribution in [-0.2, 0) is 21.0 Å². The summed E-state index contributed by atoms with van der Waals surface area (Å²) in [6.45, 7) is 2.77. The van der Waals surface area contributed by atoms with Crippen molar-refractivity contribution in [2.45, 2.75) is 61.5 Å². The zero-order chi connectivity index (χ0) is 25.4. The number of hydrogen-bond acceptors (Lipinski definition) is 4. The minimum atomic E-state index is -6.35. The van der Waals surface area contributed by atoms with E-state index in [4.69, 9.17) is 4.74 Å². The van der Waals surface area contributed by atoms with E-state index in [9.17, 15) is 30.5 Å². The summed E-state index contributed by atoms with van der Waals surface area (Å²) >= 11 is 0. The zero-order valence-corrected chi connectivity index (χ0v) is 21.2. The van der Waals surface area contributed by atoms with Gasteiger partial charge < -0.3 is 9.29 Å². The van der Waals surface area contributed by atoms with Crippen LogP contribution >= 0.6 is 0 Å². The number of ether oxygens (including phenoxy) is 1. The number of hydrogen-bond donors (Lipinski definition) is 0. The number of rotatable bonds is 6. The number of benzene rings is 2. The predicted octanol–water partition coefficient (Wildman–Crippen LogP) is 6.21. The van der Waals surface area contributed by atoms with Gasteiger partial charge in [-0.2, -0.15) is 17.6 Å². The maximum atomic E-state index is 13.5. The normalized spacial score (nSPS) is 25.0. The van der Waals surface area contributed by atoms with Gasteiger partial charge in [-0.05, 0) is 69.1 Å². The second-order valence-corrected chi connectivity index (χ2v) is 13.2. The Kier molecular flexibility index (Phi) is 7.65. The van der Waals surface area contributed by atoms with Gasteiger partial charge in [0.15, 0.2) is 15.0 Å². The van der Waals surface area contributed by atoms with E-state index in [0.29, 0.717) is 30.2 Å². The molecule has 2 aliphatic carbocycles. The van der Waals surface area contributed by atoms with Crippen molar-refractivity contribution in [3.05, 3.63) is 36.4 Å². The van der Waals surface area contributed by atoms with Crippen molar-refractivity contribution < 1.29 is 35.3 Å². The lowest BCUT2D eigenvalue weighted by Crippen LogP contribution is -2.52. The first-order chi connectivity index (χ1) is 16.5. The molecule has 0 amide bonds. The third-order valence-corrected chi connectivity index (χ3v) is 10.8. The van der Waals surface area contributed by atoms with Crippen LogP contribution < -0.4 is 4.74 Å². The Labute approximate surface area is 206 Å². The van der Waals surface area contributed by atoms with Crippen molar-refractivity contribution in [3.8, 4) is 5.75 Å². The summed E-state index contributed by atoms with van der Waals surface area (Å²) in [7, 11) is -5.88. The molecule has 1 saturated heterocycles. The smallest absolute Gasteiger partial charge is 0.396 e. The molecule has 1 heterocycles. The molecule has 5 rings (SSSR count). The molecule has 0 N–H and O–H groups in total. The van der Waals surface area contributed by atoms with Crippen LogP contribution in [0.15, 0.2) is 41.3 Å². The Bertz CT molecular complexity index is 1150. The fraction of sp³-hybridized carbons (Fsp3) is 0.600. The molecular weight excluding hydrogens is 504 g/mol. The van der Waals surface area contributed by atoms with E-state index >= 15 is 0 Å². The molecule has 3 atom stereocenters. The molecule has 3 unspecified atom stereocenters. The van der Waals surface area contributed by atoms with Gasteiger partial charge in [-0.3, -0.25) is 0 Å². The average molecular weight is 535 g/mol. The molecule has 1 aliphatic heterocycles. The van der Waals surface area contributed by atoms with E-state index in [1.54, 1.807) is 4.90 Å². The summed E-state index contributed by atoms with van der Waals surface area (Å²) in [4.78, 5) is 1.55. The molecule has 10 heteroatoms. The highest BCUT2D eigenvalue weighted by molar-refractivity contribution is 7.97. The van der Waals surface area contributed by atoms with Gasteiger partial charge in [0.2, 0.25) is 0 Å². The van der Waals surface area contributed by atoms with Gasteiger partial charge in [-0.15, -0.1) is 0 Å². The van der Waals surface area contributed by atoms with Crippen LogP contribution in [0.25, 0.3) is 10.8 Å². The van der Waals surface area contributed by atoms with Gasteiger partial charge in [-0.25, -0.2) is 8.42 Å². The maximum absolute atomic E-state index is 13.5. The highest BCUT2D eigenvalue weighted by atomic mass is 32.2. The Morgan fingerprint density at radius 2 is 1.66 bits per heavy atom. The Hall–Kier alpha value is -1.52. The van der Waals surface area contributed by atoms with Crippen LogP contribution in [0, 0.1) is 17.8 Å². The maximum Gasteiger partial charge on any atom is 0.396 e. The van der Waals surface area contributed by atoms with Crippen LogP contribution in [0.5, 0.6) is 5.75 Å². The number of fused-ring (bicyclic) bond motifs is 3. The van der Waals surface area contributed by atoms with E-state index in [1.807, 2.05) is 6.92 Å². The lowest BCUT2D eigenvalue weighted by atomic mass is 9.84. The highest BCUT2D eigenvalue weighted by Crippen LogP contribution is 2.58. The molecule has 3 aliphatic rings. The SMILES string of the molecule is CCOc1ccc([S+]2CCCC2)c2ccccc12.O=S(=O)([O-])C(F)(F)C(F)(F)C1CC2CCC1C2. The van der Waals surface area contributed by atoms with Gasteiger partial charge in [0.1, 0.15) is 17.3 Å². The van der Waals surface area contributed by atoms with Crippen molar-refractivity contribution in [3.63, 3.8) is 0 Å². The molecular formula is C25H30F4O4S2. The predicted molar refractivity (Wildman–Crippen MR) is 128 cm³/mol. The minimum Gasteiger partial charge on any atom is -0.743 e. The molecule has 0 spiro atoms. The fourth-order valence-corrected chi connectivity index (χ4v) is 8.71. The lowest BCUT2D eigenvalue weighted by molar-refractivity contribution is -0.202. The topological polar surface area (TPSA) is 66.4 Å². The first-order valence-corrected chi connectivity index (χ1v) is 15.0. The second-order valence-electron chi connectivity index (χ2n) is 9.52. The molecule has 2 aromatic rings. The van der Waals surface area contributed by atoms with Gasteiger partial charge in [0.25, 0.3) is 0 Å². The summed E-state index contributed by atoms with van der Waals surface area (Å²) in [5.74, 6) is -3.33. The van der Waals surface area contributed by atoms with Crippen LogP contribution in [0.2, 0.25) is 0 Å². The molecule has 2 saturated carbocycles. The van der Waals surface area contributed by atoms with Crippen molar-refractivity contribution in [1.29, 1.82) is 0 Å². The van der Waals surface area contributed by atoms with Crippen LogP contribution in [-0.4, -0.2) is 42.3 Å². The Balaban J connectivity index is 0.000000165. The quantitative estimate of drug-likeness (QED) is 0.251. The molecule has 2 aromatic carbocycles. The molecule has 194 valence electrons. The van der Waals surface area contributed by atoms with Crippen molar-refractivity contribution in [2.75, 3.05) is 18.1 Å². The van der Waals surface area contributed by atoms with Crippen LogP contribution in [0.4, 0.5) is 17.6 Å². The van der Waals surface area contributed by atoms with E-state index in [1.165, 1.54) is 35.1 Å². The van der Waals surface area contributed by atoms with Crippen molar-refractivity contribution in [1.82, 2.24) is 0 Å². The Morgan fingerprint density at radius 1 is 1.00 bits per heavy atom. The van der Waals surface area contributed by atoms with E-state index in [0.717, 1.165) is 12.4 Å². The van der Waals surface area contributed by atoms with Gasteiger partial charge >= 0.3 is 11.2 Å². The largest absolute Gasteiger partial charge is 0.743 e. The van der Waals surface area contributed by atoms with Crippen LogP contribution in [0.1, 0.15) is 45.4 Å². The van der Waals surface area contributed by atoms with Gasteiger partial charge in [0.05, 0.1) is 6.61 Å². The summed E-state index contributed by atoms with van der Waals surface area (Å²) < 4.78 is 89.7. The number of halogens is 4. The monoisotopic (exact) mass is 534 g/mol. The van der Waals surface area contributed by atoms with E-state index < -0.39 is 33.1 Å². The first kappa shape index (κ1) is 26.5. The zero-order valence-electron chi connectivity index (χ0n) is 19.5. The van der Waals surface area contributed by atoms with Crippen molar-refractivity contribution in [2.24, 2.45) is 17.8 Å². The fourth-order valence-electron chi connectivity index (χ4n) is 5.72. The van der Waals surface area contributed by atoms with Crippen LogP contribution in [0.3, 0.4) is 0 Å². The van der Waals surface area contributed by atoms with Crippen molar-refractivity contribution >= 4 is 31.8 Å². The first-order valence-electron chi connectivity index (χ1n) is 12.0. The third-order valence-electron chi connectivity index (χ3n) is 7.39. The molecule has 0 radical (unpaired) electrons.